The lowest BCUT2D eigenvalue weighted by Gasteiger charge is -2.35. The van der Waals surface area contributed by atoms with Crippen molar-refractivity contribution in [3.63, 3.8) is 0 Å². The standard InChI is InChI=1S/C25H24N4O/c1-3-8-20-12-13-23(28-24(20)25(30)21-11-7-14-26-18(21)2)29-16-15-27-22(17-29)19-9-5-4-6-10-19/h4-7,9-14,22,27H,15-17H2,1-2H3/t22-/m0/s1. The molecule has 0 saturated carbocycles. The number of aryl methyl sites for hydroxylation is 1. The third-order valence-corrected chi connectivity index (χ3v) is 5.31. The number of ketones is 1. The van der Waals surface area contributed by atoms with Gasteiger partial charge in [0.2, 0.25) is 5.78 Å². The Bertz CT molecular complexity index is 1110. The molecule has 1 atom stereocenters. The van der Waals surface area contributed by atoms with Crippen LogP contribution in [0.5, 0.6) is 0 Å². The Morgan fingerprint density at radius 1 is 1.13 bits per heavy atom. The molecule has 1 aliphatic heterocycles. The highest BCUT2D eigenvalue weighted by Crippen LogP contribution is 2.23. The lowest BCUT2D eigenvalue weighted by molar-refractivity contribution is 0.103. The van der Waals surface area contributed by atoms with Gasteiger partial charge in [-0.15, -0.1) is 5.92 Å². The molecule has 0 unspecified atom stereocenters. The van der Waals surface area contributed by atoms with E-state index in [1.165, 1.54) is 5.56 Å². The van der Waals surface area contributed by atoms with Crippen molar-refractivity contribution in [3.8, 4) is 11.8 Å². The molecule has 0 aliphatic carbocycles. The summed E-state index contributed by atoms with van der Waals surface area (Å²) in [5, 5.41) is 3.57. The van der Waals surface area contributed by atoms with Gasteiger partial charge in [0.15, 0.2) is 0 Å². The number of hydrogen-bond donors (Lipinski definition) is 1. The van der Waals surface area contributed by atoms with Crippen molar-refractivity contribution in [1.29, 1.82) is 0 Å². The molecule has 1 saturated heterocycles. The molecule has 0 amide bonds. The van der Waals surface area contributed by atoms with E-state index in [9.17, 15) is 4.79 Å². The van der Waals surface area contributed by atoms with Gasteiger partial charge in [-0.2, -0.15) is 0 Å². The summed E-state index contributed by atoms with van der Waals surface area (Å²) in [5.41, 5.74) is 3.52. The lowest BCUT2D eigenvalue weighted by atomic mass is 10.0. The summed E-state index contributed by atoms with van der Waals surface area (Å²) in [5.74, 6) is 6.57. The number of carbonyl (C=O) groups excluding carboxylic acids is 1. The second-order valence-electron chi connectivity index (χ2n) is 7.27. The van der Waals surface area contributed by atoms with Crippen molar-refractivity contribution in [3.05, 3.63) is 88.9 Å². The SMILES string of the molecule is CC#Cc1ccc(N2CCN[C@H](c3ccccc3)C2)nc1C(=O)c1cccnc1C. The molecule has 1 aromatic carbocycles. The zero-order chi connectivity index (χ0) is 20.9. The molecular formula is C25H24N4O. The fourth-order valence-electron chi connectivity index (χ4n) is 3.75. The molecule has 5 heteroatoms. The van der Waals surface area contributed by atoms with Gasteiger partial charge in [0.1, 0.15) is 11.5 Å². The van der Waals surface area contributed by atoms with Crippen LogP contribution in [-0.2, 0) is 0 Å². The molecular weight excluding hydrogens is 372 g/mol. The molecule has 0 bridgehead atoms. The average molecular weight is 396 g/mol. The molecule has 4 rings (SSSR count). The van der Waals surface area contributed by atoms with Crippen LogP contribution in [0, 0.1) is 18.8 Å². The van der Waals surface area contributed by atoms with Crippen LogP contribution >= 0.6 is 0 Å². The topological polar surface area (TPSA) is 58.1 Å². The zero-order valence-electron chi connectivity index (χ0n) is 17.2. The third-order valence-electron chi connectivity index (χ3n) is 5.31. The van der Waals surface area contributed by atoms with Gasteiger partial charge in [-0.05, 0) is 43.7 Å². The summed E-state index contributed by atoms with van der Waals surface area (Å²) >= 11 is 0. The summed E-state index contributed by atoms with van der Waals surface area (Å²) in [6.07, 6.45) is 1.69. The zero-order valence-corrected chi connectivity index (χ0v) is 17.2. The average Bonchev–Trinajstić information content (AvgIpc) is 2.80. The van der Waals surface area contributed by atoms with Crippen LogP contribution in [0.4, 0.5) is 5.82 Å². The van der Waals surface area contributed by atoms with Crippen LogP contribution in [0.25, 0.3) is 0 Å². The van der Waals surface area contributed by atoms with E-state index >= 15 is 0 Å². The summed E-state index contributed by atoms with van der Waals surface area (Å²) in [4.78, 5) is 24.5. The summed E-state index contributed by atoms with van der Waals surface area (Å²) in [6.45, 7) is 6.06. The number of rotatable bonds is 4. The van der Waals surface area contributed by atoms with Gasteiger partial charge < -0.3 is 10.2 Å². The fourth-order valence-corrected chi connectivity index (χ4v) is 3.75. The number of anilines is 1. The first-order valence-electron chi connectivity index (χ1n) is 10.1. The molecule has 150 valence electrons. The number of nitrogens with one attached hydrogen (secondary N) is 1. The first-order chi connectivity index (χ1) is 14.7. The van der Waals surface area contributed by atoms with Crippen LogP contribution in [0.1, 0.15) is 45.8 Å². The molecule has 3 heterocycles. The first kappa shape index (κ1) is 19.8. The predicted molar refractivity (Wildman–Crippen MR) is 119 cm³/mol. The van der Waals surface area contributed by atoms with Crippen LogP contribution < -0.4 is 10.2 Å². The third kappa shape index (κ3) is 4.10. The van der Waals surface area contributed by atoms with Gasteiger partial charge in [0.05, 0.1) is 5.56 Å². The van der Waals surface area contributed by atoms with Crippen LogP contribution in [0.15, 0.2) is 60.8 Å². The maximum Gasteiger partial charge on any atom is 0.214 e. The number of pyridine rings is 2. The van der Waals surface area contributed by atoms with Crippen LogP contribution in [0.3, 0.4) is 0 Å². The highest BCUT2D eigenvalue weighted by Gasteiger charge is 2.24. The van der Waals surface area contributed by atoms with Crippen molar-refractivity contribution < 1.29 is 4.79 Å². The monoisotopic (exact) mass is 396 g/mol. The second kappa shape index (κ2) is 8.89. The second-order valence-corrected chi connectivity index (χ2v) is 7.27. The molecule has 1 N–H and O–H groups in total. The van der Waals surface area contributed by atoms with E-state index in [-0.39, 0.29) is 11.8 Å². The minimum absolute atomic E-state index is 0.144. The number of benzene rings is 1. The predicted octanol–water partition coefficient (Wildman–Crippen LogP) is 3.54. The lowest BCUT2D eigenvalue weighted by Crippen LogP contribution is -2.46. The van der Waals surface area contributed by atoms with E-state index in [1.54, 1.807) is 25.3 Å². The molecule has 1 aliphatic rings. The van der Waals surface area contributed by atoms with E-state index in [4.69, 9.17) is 4.98 Å². The molecule has 2 aromatic heterocycles. The Kier molecular flexibility index (Phi) is 5.87. The van der Waals surface area contributed by atoms with E-state index < -0.39 is 0 Å². The van der Waals surface area contributed by atoms with E-state index in [2.05, 4.69) is 51.3 Å². The highest BCUT2D eigenvalue weighted by molar-refractivity contribution is 6.10. The van der Waals surface area contributed by atoms with Crippen molar-refractivity contribution >= 4 is 11.6 Å². The van der Waals surface area contributed by atoms with Gasteiger partial charge in [-0.3, -0.25) is 9.78 Å². The van der Waals surface area contributed by atoms with Gasteiger partial charge in [0, 0.05) is 43.1 Å². The highest BCUT2D eigenvalue weighted by atomic mass is 16.1. The Morgan fingerprint density at radius 3 is 2.73 bits per heavy atom. The van der Waals surface area contributed by atoms with Gasteiger partial charge in [0.25, 0.3) is 0 Å². The quantitative estimate of drug-likeness (QED) is 0.540. The van der Waals surface area contributed by atoms with E-state index in [1.807, 2.05) is 25.1 Å². The van der Waals surface area contributed by atoms with E-state index in [0.717, 1.165) is 25.5 Å². The van der Waals surface area contributed by atoms with Gasteiger partial charge >= 0.3 is 0 Å². The Balaban J connectivity index is 1.68. The van der Waals surface area contributed by atoms with Crippen molar-refractivity contribution in [2.75, 3.05) is 24.5 Å². The number of nitrogens with zero attached hydrogens (tertiary/aromatic N) is 3. The Labute approximate surface area is 177 Å². The summed E-state index contributed by atoms with van der Waals surface area (Å²) in [6, 6.07) is 18.0. The summed E-state index contributed by atoms with van der Waals surface area (Å²) in [7, 11) is 0. The number of piperazine rings is 1. The normalized spacial score (nSPS) is 15.9. The molecule has 0 spiro atoms. The maximum atomic E-state index is 13.3. The number of aromatic nitrogens is 2. The molecule has 3 aromatic rings. The first-order valence-corrected chi connectivity index (χ1v) is 10.1. The van der Waals surface area contributed by atoms with Crippen LogP contribution in [-0.4, -0.2) is 35.4 Å². The van der Waals surface area contributed by atoms with Crippen molar-refractivity contribution in [2.45, 2.75) is 19.9 Å². The minimum Gasteiger partial charge on any atom is -0.353 e. The Morgan fingerprint density at radius 2 is 1.97 bits per heavy atom. The van der Waals surface area contributed by atoms with Crippen molar-refractivity contribution in [2.24, 2.45) is 0 Å². The van der Waals surface area contributed by atoms with E-state index in [0.29, 0.717) is 22.5 Å². The Hall–Kier alpha value is -3.49. The van der Waals surface area contributed by atoms with Crippen molar-refractivity contribution in [1.82, 2.24) is 15.3 Å². The molecule has 30 heavy (non-hydrogen) atoms. The smallest absolute Gasteiger partial charge is 0.214 e. The summed E-state index contributed by atoms with van der Waals surface area (Å²) < 4.78 is 0. The maximum absolute atomic E-state index is 13.3. The number of hydrogen-bond acceptors (Lipinski definition) is 5. The van der Waals surface area contributed by atoms with Gasteiger partial charge in [-0.25, -0.2) is 4.98 Å². The largest absolute Gasteiger partial charge is 0.353 e. The van der Waals surface area contributed by atoms with Crippen LogP contribution in [0.2, 0.25) is 0 Å². The fraction of sp³-hybridized carbons (Fsp3) is 0.240. The number of carbonyl (C=O) groups is 1. The molecule has 1 fully saturated rings. The van der Waals surface area contributed by atoms with Gasteiger partial charge in [-0.1, -0.05) is 36.3 Å². The molecule has 5 nitrogen and oxygen atoms in total. The minimum atomic E-state index is -0.144. The molecule has 0 radical (unpaired) electrons.